The summed E-state index contributed by atoms with van der Waals surface area (Å²) in [4.78, 5) is 0. The fourth-order valence-electron chi connectivity index (χ4n) is 2.15. The lowest BCUT2D eigenvalue weighted by molar-refractivity contribution is 0.539. The van der Waals surface area contributed by atoms with E-state index in [1.54, 1.807) is 12.1 Å². The highest BCUT2D eigenvalue weighted by molar-refractivity contribution is 5.31. The molecule has 0 heterocycles. The van der Waals surface area contributed by atoms with E-state index in [0.29, 0.717) is 6.42 Å². The maximum Gasteiger partial charge on any atom is 0.123 e. The normalized spacial score (nSPS) is 12.4. The number of aryl methyl sites for hydroxylation is 1. The Bertz CT molecular complexity index is 570. The molecule has 0 aliphatic rings. The molecule has 2 aromatic carbocycles. The zero-order chi connectivity index (χ0) is 13.8. The van der Waals surface area contributed by atoms with Gasteiger partial charge in [-0.2, -0.15) is 0 Å². The molecule has 4 heteroatoms. The van der Waals surface area contributed by atoms with Crippen LogP contribution in [0.25, 0.3) is 0 Å². The van der Waals surface area contributed by atoms with E-state index in [-0.39, 0.29) is 17.7 Å². The molecule has 0 saturated carbocycles. The standard InChI is InChI=1S/C15H16F2N2/c1-10-5-6-13(17)9-14(10)15(19-18)8-11-3-2-4-12(16)7-11/h2-7,9,15,19H,8,18H2,1H3. The molecule has 19 heavy (non-hydrogen) atoms. The third-order valence-electron chi connectivity index (χ3n) is 3.15. The summed E-state index contributed by atoms with van der Waals surface area (Å²) in [7, 11) is 0. The fraction of sp³-hybridized carbons (Fsp3) is 0.200. The largest absolute Gasteiger partial charge is 0.271 e. The summed E-state index contributed by atoms with van der Waals surface area (Å²) >= 11 is 0. The van der Waals surface area contributed by atoms with Crippen LogP contribution in [0.2, 0.25) is 0 Å². The van der Waals surface area contributed by atoms with Gasteiger partial charge in [0.2, 0.25) is 0 Å². The highest BCUT2D eigenvalue weighted by Crippen LogP contribution is 2.22. The van der Waals surface area contributed by atoms with Crippen molar-refractivity contribution in [3.63, 3.8) is 0 Å². The lowest BCUT2D eigenvalue weighted by atomic mass is 9.95. The molecule has 1 atom stereocenters. The number of halogens is 2. The Labute approximate surface area is 111 Å². The Morgan fingerprint density at radius 3 is 2.53 bits per heavy atom. The highest BCUT2D eigenvalue weighted by Gasteiger charge is 2.14. The summed E-state index contributed by atoms with van der Waals surface area (Å²) in [5.41, 5.74) is 5.21. The molecule has 0 radical (unpaired) electrons. The lowest BCUT2D eigenvalue weighted by Gasteiger charge is -2.19. The first-order chi connectivity index (χ1) is 9.10. The van der Waals surface area contributed by atoms with Gasteiger partial charge in [0.15, 0.2) is 0 Å². The summed E-state index contributed by atoms with van der Waals surface area (Å²) in [6.07, 6.45) is 0.499. The van der Waals surface area contributed by atoms with Gasteiger partial charge in [-0.1, -0.05) is 18.2 Å². The molecule has 0 fully saturated rings. The number of benzene rings is 2. The summed E-state index contributed by atoms with van der Waals surface area (Å²) < 4.78 is 26.5. The molecule has 0 bridgehead atoms. The van der Waals surface area contributed by atoms with Crippen LogP contribution in [0.4, 0.5) is 8.78 Å². The van der Waals surface area contributed by atoms with Gasteiger partial charge in [0, 0.05) is 0 Å². The summed E-state index contributed by atoms with van der Waals surface area (Å²) in [5, 5.41) is 0. The molecule has 1 unspecified atom stereocenters. The number of hydrazine groups is 1. The smallest absolute Gasteiger partial charge is 0.123 e. The molecule has 3 N–H and O–H groups in total. The Balaban J connectivity index is 2.27. The number of nitrogens with one attached hydrogen (secondary N) is 1. The minimum Gasteiger partial charge on any atom is -0.271 e. The zero-order valence-corrected chi connectivity index (χ0v) is 10.7. The Kier molecular flexibility index (Phi) is 4.24. The van der Waals surface area contributed by atoms with E-state index >= 15 is 0 Å². The van der Waals surface area contributed by atoms with Gasteiger partial charge in [-0.15, -0.1) is 0 Å². The van der Waals surface area contributed by atoms with Crippen LogP contribution < -0.4 is 11.3 Å². The molecule has 0 aliphatic carbocycles. The molecule has 2 rings (SSSR count). The van der Waals surface area contributed by atoms with E-state index in [9.17, 15) is 8.78 Å². The predicted octanol–water partition coefficient (Wildman–Crippen LogP) is 3.02. The molecule has 0 spiro atoms. The average molecular weight is 262 g/mol. The molecule has 2 aromatic rings. The Morgan fingerprint density at radius 2 is 1.84 bits per heavy atom. The number of nitrogens with two attached hydrogens (primary N) is 1. The first kappa shape index (κ1) is 13.6. The van der Waals surface area contributed by atoms with Gasteiger partial charge in [0.1, 0.15) is 11.6 Å². The molecule has 0 aromatic heterocycles. The van der Waals surface area contributed by atoms with Crippen molar-refractivity contribution in [2.24, 2.45) is 5.84 Å². The maximum atomic E-state index is 13.3. The van der Waals surface area contributed by atoms with E-state index < -0.39 is 0 Å². The fourth-order valence-corrected chi connectivity index (χ4v) is 2.15. The predicted molar refractivity (Wildman–Crippen MR) is 71.3 cm³/mol. The van der Waals surface area contributed by atoms with E-state index in [4.69, 9.17) is 5.84 Å². The summed E-state index contributed by atoms with van der Waals surface area (Å²) in [6, 6.07) is 10.6. The van der Waals surface area contributed by atoms with Crippen LogP contribution in [0.5, 0.6) is 0 Å². The van der Waals surface area contributed by atoms with E-state index in [0.717, 1.165) is 16.7 Å². The van der Waals surface area contributed by atoms with Gasteiger partial charge >= 0.3 is 0 Å². The monoisotopic (exact) mass is 262 g/mol. The number of hydrogen-bond acceptors (Lipinski definition) is 2. The van der Waals surface area contributed by atoms with Gasteiger partial charge in [0.05, 0.1) is 6.04 Å². The maximum absolute atomic E-state index is 13.3. The van der Waals surface area contributed by atoms with E-state index in [1.165, 1.54) is 24.3 Å². The van der Waals surface area contributed by atoms with Gasteiger partial charge in [-0.3, -0.25) is 11.3 Å². The number of rotatable bonds is 4. The van der Waals surface area contributed by atoms with Crippen molar-refractivity contribution >= 4 is 0 Å². The van der Waals surface area contributed by atoms with Gasteiger partial charge < -0.3 is 0 Å². The van der Waals surface area contributed by atoms with Crippen molar-refractivity contribution in [2.75, 3.05) is 0 Å². The topological polar surface area (TPSA) is 38.0 Å². The van der Waals surface area contributed by atoms with Crippen LogP contribution in [0.1, 0.15) is 22.7 Å². The molecular weight excluding hydrogens is 246 g/mol. The molecule has 0 saturated heterocycles. The first-order valence-corrected chi connectivity index (χ1v) is 6.07. The van der Waals surface area contributed by atoms with Crippen molar-refractivity contribution in [3.8, 4) is 0 Å². The van der Waals surface area contributed by atoms with Crippen LogP contribution in [-0.2, 0) is 6.42 Å². The third-order valence-corrected chi connectivity index (χ3v) is 3.15. The van der Waals surface area contributed by atoms with Crippen LogP contribution >= 0.6 is 0 Å². The summed E-state index contributed by atoms with van der Waals surface area (Å²) in [6.45, 7) is 1.89. The van der Waals surface area contributed by atoms with Crippen molar-refractivity contribution < 1.29 is 8.78 Å². The van der Waals surface area contributed by atoms with E-state index in [1.807, 2.05) is 13.0 Å². The number of hydrogen-bond donors (Lipinski definition) is 2. The van der Waals surface area contributed by atoms with E-state index in [2.05, 4.69) is 5.43 Å². The first-order valence-electron chi connectivity index (χ1n) is 6.07. The second-order valence-electron chi connectivity index (χ2n) is 4.55. The van der Waals surface area contributed by atoms with Crippen molar-refractivity contribution in [1.82, 2.24) is 5.43 Å². The van der Waals surface area contributed by atoms with Gasteiger partial charge in [0.25, 0.3) is 0 Å². The van der Waals surface area contributed by atoms with Crippen LogP contribution in [-0.4, -0.2) is 0 Å². The molecule has 2 nitrogen and oxygen atoms in total. The van der Waals surface area contributed by atoms with Gasteiger partial charge in [-0.05, 0) is 54.3 Å². The minimum atomic E-state index is -0.305. The lowest BCUT2D eigenvalue weighted by Crippen LogP contribution is -2.30. The minimum absolute atomic E-state index is 0.252. The zero-order valence-electron chi connectivity index (χ0n) is 10.7. The quantitative estimate of drug-likeness (QED) is 0.656. The van der Waals surface area contributed by atoms with Crippen LogP contribution in [0.3, 0.4) is 0 Å². The van der Waals surface area contributed by atoms with Gasteiger partial charge in [-0.25, -0.2) is 8.78 Å². The van der Waals surface area contributed by atoms with Crippen molar-refractivity contribution in [1.29, 1.82) is 0 Å². The third kappa shape index (κ3) is 3.36. The molecule has 0 amide bonds. The summed E-state index contributed by atoms with van der Waals surface area (Å²) in [5.74, 6) is 4.95. The SMILES string of the molecule is Cc1ccc(F)cc1C(Cc1cccc(F)c1)NN. The van der Waals surface area contributed by atoms with Crippen molar-refractivity contribution in [3.05, 3.63) is 70.8 Å². The molecule has 100 valence electrons. The Morgan fingerprint density at radius 1 is 1.11 bits per heavy atom. The van der Waals surface area contributed by atoms with Crippen LogP contribution in [0.15, 0.2) is 42.5 Å². The van der Waals surface area contributed by atoms with Crippen molar-refractivity contribution in [2.45, 2.75) is 19.4 Å². The second-order valence-corrected chi connectivity index (χ2v) is 4.55. The molecular formula is C15H16F2N2. The van der Waals surface area contributed by atoms with Crippen LogP contribution in [0, 0.1) is 18.6 Å². The highest BCUT2D eigenvalue weighted by atomic mass is 19.1. The molecule has 0 aliphatic heterocycles. The average Bonchev–Trinajstić information content (AvgIpc) is 2.39. The second kappa shape index (κ2) is 5.91. The Hall–Kier alpha value is -1.78.